The Labute approximate surface area is 207 Å². The molecular formula is C29H47FO4. The second-order valence-electron chi connectivity index (χ2n) is 9.31. The second kappa shape index (κ2) is 21.6. The van der Waals surface area contributed by atoms with Gasteiger partial charge in [0.15, 0.2) is 0 Å². The molecule has 5 heteroatoms. The topological polar surface area (TPSA) is 52.6 Å². The summed E-state index contributed by atoms with van der Waals surface area (Å²) in [6.07, 6.45) is 21.3. The molecule has 0 unspecified atom stereocenters. The number of ether oxygens (including phenoxy) is 2. The Morgan fingerprint density at radius 2 is 1.18 bits per heavy atom. The third-order valence-corrected chi connectivity index (χ3v) is 6.05. The number of rotatable bonds is 22. The van der Waals surface area contributed by atoms with E-state index >= 15 is 0 Å². The van der Waals surface area contributed by atoms with Crippen molar-refractivity contribution in [3.8, 4) is 5.75 Å². The number of halogens is 1. The largest absolute Gasteiger partial charge is 0.466 e. The first-order valence-corrected chi connectivity index (χ1v) is 13.7. The highest BCUT2D eigenvalue weighted by Crippen LogP contribution is 2.15. The standard InChI is InChI=1S/C29H47FO4/c1-2-3-4-5-6-7-8-9-10-11-12-13-14-15-18-24-33-28(31)22-16-17-23-29(32)34-27-21-19-20-26(30)25-27/h19-21,25H,2-18,22-24H2,1H3. The van der Waals surface area contributed by atoms with Crippen molar-refractivity contribution in [2.75, 3.05) is 6.61 Å². The summed E-state index contributed by atoms with van der Waals surface area (Å²) in [4.78, 5) is 23.5. The molecule has 0 saturated carbocycles. The van der Waals surface area contributed by atoms with Crippen molar-refractivity contribution < 1.29 is 23.5 Å². The van der Waals surface area contributed by atoms with Crippen molar-refractivity contribution in [2.45, 2.75) is 129 Å². The Morgan fingerprint density at radius 3 is 1.71 bits per heavy atom. The summed E-state index contributed by atoms with van der Waals surface area (Å²) in [5.74, 6) is -0.865. The van der Waals surface area contributed by atoms with Crippen LogP contribution >= 0.6 is 0 Å². The van der Waals surface area contributed by atoms with Crippen LogP contribution in [0.15, 0.2) is 24.3 Å². The zero-order chi connectivity index (χ0) is 24.7. The van der Waals surface area contributed by atoms with E-state index in [4.69, 9.17) is 9.47 Å². The zero-order valence-electron chi connectivity index (χ0n) is 21.5. The summed E-state index contributed by atoms with van der Waals surface area (Å²) < 4.78 is 23.4. The average molecular weight is 479 g/mol. The molecule has 1 aromatic carbocycles. The minimum absolute atomic E-state index is 0.197. The number of carbonyl (C=O) groups is 2. The first-order valence-electron chi connectivity index (χ1n) is 13.7. The summed E-state index contributed by atoms with van der Waals surface area (Å²) in [5, 5.41) is 0. The summed E-state index contributed by atoms with van der Waals surface area (Å²) in [6, 6.07) is 5.50. The maximum atomic E-state index is 13.1. The normalized spacial score (nSPS) is 10.9. The van der Waals surface area contributed by atoms with E-state index in [1.807, 2.05) is 0 Å². The molecule has 0 aliphatic carbocycles. The molecule has 0 bridgehead atoms. The Balaban J connectivity index is 1.81. The highest BCUT2D eigenvalue weighted by Gasteiger charge is 2.08. The van der Waals surface area contributed by atoms with Crippen LogP contribution in [-0.2, 0) is 14.3 Å². The van der Waals surface area contributed by atoms with Crippen LogP contribution in [0.4, 0.5) is 4.39 Å². The SMILES string of the molecule is CCCCCCCCCCCCCCCCCOC(=O)CCCCC(=O)Oc1cccc(F)c1. The minimum Gasteiger partial charge on any atom is -0.466 e. The maximum Gasteiger partial charge on any atom is 0.311 e. The number of hydrogen-bond acceptors (Lipinski definition) is 4. The van der Waals surface area contributed by atoms with Gasteiger partial charge in [0, 0.05) is 18.9 Å². The number of unbranched alkanes of at least 4 members (excludes halogenated alkanes) is 15. The fraction of sp³-hybridized carbons (Fsp3) is 0.724. The molecule has 0 N–H and O–H groups in total. The van der Waals surface area contributed by atoms with Gasteiger partial charge in [-0.25, -0.2) is 4.39 Å². The van der Waals surface area contributed by atoms with E-state index in [0.717, 1.165) is 12.8 Å². The van der Waals surface area contributed by atoms with E-state index in [2.05, 4.69) is 6.92 Å². The van der Waals surface area contributed by atoms with E-state index in [0.29, 0.717) is 25.9 Å². The number of hydrogen-bond donors (Lipinski definition) is 0. The van der Waals surface area contributed by atoms with Crippen molar-refractivity contribution >= 4 is 11.9 Å². The van der Waals surface area contributed by atoms with Gasteiger partial charge < -0.3 is 9.47 Å². The number of carbonyl (C=O) groups excluding carboxylic acids is 2. The Bertz CT molecular complexity index is 647. The van der Waals surface area contributed by atoms with E-state index in [1.165, 1.54) is 108 Å². The molecule has 0 spiro atoms. The van der Waals surface area contributed by atoms with Crippen LogP contribution in [0.3, 0.4) is 0 Å². The van der Waals surface area contributed by atoms with Crippen molar-refractivity contribution in [3.05, 3.63) is 30.1 Å². The highest BCUT2D eigenvalue weighted by atomic mass is 19.1. The lowest BCUT2D eigenvalue weighted by Gasteiger charge is -2.06. The van der Waals surface area contributed by atoms with Crippen LogP contribution in [0.2, 0.25) is 0 Å². The van der Waals surface area contributed by atoms with Crippen molar-refractivity contribution in [1.29, 1.82) is 0 Å². The summed E-state index contributed by atoms with van der Waals surface area (Å²) >= 11 is 0. The van der Waals surface area contributed by atoms with Gasteiger partial charge in [0.2, 0.25) is 0 Å². The molecule has 34 heavy (non-hydrogen) atoms. The minimum atomic E-state index is -0.442. The molecule has 4 nitrogen and oxygen atoms in total. The van der Waals surface area contributed by atoms with Crippen LogP contribution in [0.25, 0.3) is 0 Å². The van der Waals surface area contributed by atoms with Crippen molar-refractivity contribution in [1.82, 2.24) is 0 Å². The van der Waals surface area contributed by atoms with Gasteiger partial charge >= 0.3 is 11.9 Å². The molecular weight excluding hydrogens is 431 g/mol. The predicted molar refractivity (Wildman–Crippen MR) is 136 cm³/mol. The third-order valence-electron chi connectivity index (χ3n) is 6.05. The van der Waals surface area contributed by atoms with Crippen LogP contribution in [0.5, 0.6) is 5.75 Å². The average Bonchev–Trinajstić information content (AvgIpc) is 2.81. The van der Waals surface area contributed by atoms with Gasteiger partial charge in [-0.15, -0.1) is 0 Å². The van der Waals surface area contributed by atoms with Gasteiger partial charge in [-0.2, -0.15) is 0 Å². The second-order valence-corrected chi connectivity index (χ2v) is 9.31. The molecule has 0 aliphatic heterocycles. The fourth-order valence-corrected chi connectivity index (χ4v) is 3.98. The molecule has 1 rings (SSSR count). The maximum absolute atomic E-state index is 13.1. The lowest BCUT2D eigenvalue weighted by molar-refractivity contribution is -0.144. The molecule has 0 aromatic heterocycles. The smallest absolute Gasteiger partial charge is 0.311 e. The van der Waals surface area contributed by atoms with Gasteiger partial charge in [-0.3, -0.25) is 9.59 Å². The monoisotopic (exact) mass is 478 g/mol. The quantitative estimate of drug-likeness (QED) is 0.0950. The predicted octanol–water partition coefficient (Wildman–Crippen LogP) is 8.71. The summed E-state index contributed by atoms with van der Waals surface area (Å²) in [7, 11) is 0. The molecule has 0 atom stereocenters. The molecule has 0 radical (unpaired) electrons. The molecule has 0 aliphatic rings. The number of esters is 2. The van der Waals surface area contributed by atoms with Gasteiger partial charge in [-0.05, 0) is 31.4 Å². The Morgan fingerprint density at radius 1 is 0.676 bits per heavy atom. The Hall–Kier alpha value is -1.91. The Kier molecular flexibility index (Phi) is 19.1. The van der Waals surface area contributed by atoms with E-state index in [-0.39, 0.29) is 18.1 Å². The fourth-order valence-electron chi connectivity index (χ4n) is 3.98. The lowest BCUT2D eigenvalue weighted by atomic mass is 10.0. The zero-order valence-corrected chi connectivity index (χ0v) is 21.5. The van der Waals surface area contributed by atoms with E-state index < -0.39 is 11.8 Å². The van der Waals surface area contributed by atoms with Gasteiger partial charge in [0.25, 0.3) is 0 Å². The molecule has 1 aromatic rings. The first-order chi connectivity index (χ1) is 16.6. The van der Waals surface area contributed by atoms with Crippen LogP contribution < -0.4 is 4.74 Å². The van der Waals surface area contributed by atoms with Crippen LogP contribution in [0.1, 0.15) is 129 Å². The van der Waals surface area contributed by atoms with Crippen molar-refractivity contribution in [2.24, 2.45) is 0 Å². The van der Waals surface area contributed by atoms with Gasteiger partial charge in [0.1, 0.15) is 11.6 Å². The summed E-state index contributed by atoms with van der Waals surface area (Å²) in [6.45, 7) is 2.75. The van der Waals surface area contributed by atoms with Crippen molar-refractivity contribution in [3.63, 3.8) is 0 Å². The highest BCUT2D eigenvalue weighted by molar-refractivity contribution is 5.72. The van der Waals surface area contributed by atoms with E-state index in [1.54, 1.807) is 0 Å². The third kappa shape index (κ3) is 18.5. The van der Waals surface area contributed by atoms with Crippen LogP contribution in [-0.4, -0.2) is 18.5 Å². The molecule has 0 amide bonds. The molecule has 0 saturated heterocycles. The van der Waals surface area contributed by atoms with Gasteiger partial charge in [-0.1, -0.05) is 103 Å². The molecule has 0 heterocycles. The van der Waals surface area contributed by atoms with E-state index in [9.17, 15) is 14.0 Å². The van der Waals surface area contributed by atoms with Gasteiger partial charge in [0.05, 0.1) is 6.61 Å². The molecule has 0 fully saturated rings. The summed E-state index contributed by atoms with van der Waals surface area (Å²) in [5.41, 5.74) is 0. The first kappa shape index (κ1) is 30.1. The number of benzene rings is 1. The molecule has 194 valence electrons. The lowest BCUT2D eigenvalue weighted by Crippen LogP contribution is -2.09. The van der Waals surface area contributed by atoms with Crippen LogP contribution in [0, 0.1) is 5.82 Å².